The Morgan fingerprint density at radius 3 is 1.81 bits per heavy atom. The lowest BCUT2D eigenvalue weighted by molar-refractivity contribution is -0.280. The van der Waals surface area contributed by atoms with Gasteiger partial charge in [0.1, 0.15) is 6.61 Å². The highest BCUT2D eigenvalue weighted by Crippen LogP contribution is 2.36. The molecule has 0 unspecified atom stereocenters. The van der Waals surface area contributed by atoms with Crippen molar-refractivity contribution in [3.63, 3.8) is 0 Å². The maximum Gasteiger partial charge on any atom is 0.465 e. The van der Waals surface area contributed by atoms with Crippen LogP contribution in [0, 0.1) is 0 Å². The van der Waals surface area contributed by atoms with Crippen molar-refractivity contribution in [1.29, 1.82) is 0 Å². The summed E-state index contributed by atoms with van der Waals surface area (Å²) in [5.74, 6) is -7.99. The van der Waals surface area contributed by atoms with Crippen molar-refractivity contribution in [3.05, 3.63) is 0 Å². The molecule has 0 aromatic rings. The summed E-state index contributed by atoms with van der Waals surface area (Å²) < 4.78 is 65.2. The lowest BCUT2D eigenvalue weighted by Crippen LogP contribution is -2.45. The maximum atomic E-state index is 12.6. The standard InChI is InChI=1S/C13H22F5NO2/c1-3-5-7-19(8-6-4-2)9-10-21-11(20)12(14,15)13(16,17)18/h3-10H2,1-2H3. The number of carbonyl (C=O) groups is 1. The Morgan fingerprint density at radius 2 is 1.43 bits per heavy atom. The first-order valence-electron chi connectivity index (χ1n) is 7.00. The molecule has 0 saturated heterocycles. The van der Waals surface area contributed by atoms with Crippen molar-refractivity contribution < 1.29 is 31.5 Å². The van der Waals surface area contributed by atoms with Gasteiger partial charge in [0.2, 0.25) is 0 Å². The average molecular weight is 319 g/mol. The monoisotopic (exact) mass is 319 g/mol. The number of hydrogen-bond acceptors (Lipinski definition) is 3. The quantitative estimate of drug-likeness (QED) is 0.455. The van der Waals surface area contributed by atoms with Gasteiger partial charge in [-0.1, -0.05) is 26.7 Å². The molecule has 0 atom stereocenters. The van der Waals surface area contributed by atoms with Crippen molar-refractivity contribution >= 4 is 5.97 Å². The Morgan fingerprint density at radius 1 is 0.952 bits per heavy atom. The second-order valence-corrected chi connectivity index (χ2v) is 4.76. The summed E-state index contributed by atoms with van der Waals surface area (Å²) in [7, 11) is 0. The molecule has 0 rings (SSSR count). The number of unbranched alkanes of at least 4 members (excludes halogenated alkanes) is 2. The first-order valence-corrected chi connectivity index (χ1v) is 7.00. The highest BCUT2D eigenvalue weighted by Gasteiger charge is 2.64. The molecular formula is C13H22F5NO2. The fraction of sp³-hybridized carbons (Fsp3) is 0.923. The van der Waals surface area contributed by atoms with Crippen LogP contribution in [-0.4, -0.2) is 49.2 Å². The molecule has 0 aromatic heterocycles. The summed E-state index contributed by atoms with van der Waals surface area (Å²) in [5.41, 5.74) is 0. The Labute approximate surface area is 121 Å². The van der Waals surface area contributed by atoms with Gasteiger partial charge in [0.25, 0.3) is 0 Å². The summed E-state index contributed by atoms with van der Waals surface area (Å²) in [6.07, 6.45) is -2.27. The fourth-order valence-corrected chi connectivity index (χ4v) is 1.57. The van der Waals surface area contributed by atoms with Gasteiger partial charge in [-0.15, -0.1) is 0 Å². The lowest BCUT2D eigenvalue weighted by atomic mass is 10.2. The van der Waals surface area contributed by atoms with E-state index in [1.165, 1.54) is 0 Å². The molecule has 0 N–H and O–H groups in total. The van der Waals surface area contributed by atoms with E-state index in [-0.39, 0.29) is 6.54 Å². The highest BCUT2D eigenvalue weighted by atomic mass is 19.4. The van der Waals surface area contributed by atoms with Crippen molar-refractivity contribution in [3.8, 4) is 0 Å². The van der Waals surface area contributed by atoms with E-state index in [1.807, 2.05) is 18.7 Å². The molecule has 0 aromatic carbocycles. The molecule has 126 valence electrons. The van der Waals surface area contributed by atoms with E-state index in [4.69, 9.17) is 0 Å². The van der Waals surface area contributed by atoms with E-state index >= 15 is 0 Å². The largest absolute Gasteiger partial charge is 0.465 e. The third-order valence-electron chi connectivity index (χ3n) is 2.91. The predicted octanol–water partition coefficient (Wildman–Crippen LogP) is 3.63. The molecule has 0 aliphatic carbocycles. The Balaban J connectivity index is 4.26. The summed E-state index contributed by atoms with van der Waals surface area (Å²) in [6.45, 7) is 5.05. The molecular weight excluding hydrogens is 297 g/mol. The summed E-state index contributed by atoms with van der Waals surface area (Å²) in [4.78, 5) is 12.7. The van der Waals surface area contributed by atoms with Crippen LogP contribution in [0.3, 0.4) is 0 Å². The number of halogens is 5. The molecule has 0 fully saturated rings. The van der Waals surface area contributed by atoms with Gasteiger partial charge in [-0.3, -0.25) is 4.90 Å². The molecule has 0 saturated carbocycles. The zero-order chi connectivity index (χ0) is 16.5. The number of ether oxygens (including phenoxy) is 1. The highest BCUT2D eigenvalue weighted by molar-refractivity contribution is 5.78. The SMILES string of the molecule is CCCCN(CCCC)CCOC(=O)C(F)(F)C(F)(F)F. The van der Waals surface area contributed by atoms with Crippen LogP contribution in [0.2, 0.25) is 0 Å². The molecule has 0 bridgehead atoms. The van der Waals surface area contributed by atoms with Crippen molar-refractivity contribution in [1.82, 2.24) is 4.90 Å². The minimum atomic E-state index is -5.92. The average Bonchev–Trinajstić information content (AvgIpc) is 2.39. The second-order valence-electron chi connectivity index (χ2n) is 4.76. The lowest BCUT2D eigenvalue weighted by Gasteiger charge is -2.23. The smallest absolute Gasteiger partial charge is 0.460 e. The number of alkyl halides is 5. The van der Waals surface area contributed by atoms with Crippen LogP contribution < -0.4 is 0 Å². The van der Waals surface area contributed by atoms with Gasteiger partial charge in [0.15, 0.2) is 0 Å². The van der Waals surface area contributed by atoms with Gasteiger partial charge >= 0.3 is 18.1 Å². The van der Waals surface area contributed by atoms with Crippen molar-refractivity contribution in [2.45, 2.75) is 51.6 Å². The Bertz CT molecular complexity index is 299. The second kappa shape index (κ2) is 9.17. The summed E-state index contributed by atoms with van der Waals surface area (Å²) in [5, 5.41) is 0. The van der Waals surface area contributed by atoms with Gasteiger partial charge in [-0.2, -0.15) is 22.0 Å². The van der Waals surface area contributed by atoms with E-state index in [2.05, 4.69) is 4.74 Å². The zero-order valence-electron chi connectivity index (χ0n) is 12.3. The number of esters is 1. The van der Waals surface area contributed by atoms with E-state index in [9.17, 15) is 26.7 Å². The fourth-order valence-electron chi connectivity index (χ4n) is 1.57. The van der Waals surface area contributed by atoms with Crippen LogP contribution in [-0.2, 0) is 9.53 Å². The van der Waals surface area contributed by atoms with Gasteiger partial charge < -0.3 is 4.74 Å². The van der Waals surface area contributed by atoms with E-state index in [0.29, 0.717) is 13.1 Å². The molecule has 0 radical (unpaired) electrons. The van der Waals surface area contributed by atoms with E-state index < -0.39 is 24.7 Å². The zero-order valence-corrected chi connectivity index (χ0v) is 12.3. The molecule has 21 heavy (non-hydrogen) atoms. The predicted molar refractivity (Wildman–Crippen MR) is 68.2 cm³/mol. The molecule has 0 heterocycles. The third-order valence-corrected chi connectivity index (χ3v) is 2.91. The van der Waals surface area contributed by atoms with Crippen LogP contribution in [0.4, 0.5) is 22.0 Å². The first-order chi connectivity index (χ1) is 9.66. The van der Waals surface area contributed by atoms with Gasteiger partial charge in [-0.05, 0) is 25.9 Å². The number of carbonyl (C=O) groups excluding carboxylic acids is 1. The van der Waals surface area contributed by atoms with Crippen LogP contribution in [0.15, 0.2) is 0 Å². The molecule has 0 aliphatic rings. The number of nitrogens with zero attached hydrogens (tertiary/aromatic N) is 1. The van der Waals surface area contributed by atoms with Gasteiger partial charge in [0, 0.05) is 6.54 Å². The third kappa shape index (κ3) is 7.06. The van der Waals surface area contributed by atoms with Crippen LogP contribution in [0.5, 0.6) is 0 Å². The Kier molecular flexibility index (Phi) is 8.77. The van der Waals surface area contributed by atoms with Crippen LogP contribution >= 0.6 is 0 Å². The van der Waals surface area contributed by atoms with E-state index in [1.54, 1.807) is 0 Å². The summed E-state index contributed by atoms with van der Waals surface area (Å²) >= 11 is 0. The number of rotatable bonds is 10. The minimum Gasteiger partial charge on any atom is -0.460 e. The number of hydrogen-bond donors (Lipinski definition) is 0. The first kappa shape index (κ1) is 20.1. The van der Waals surface area contributed by atoms with Gasteiger partial charge in [-0.25, -0.2) is 4.79 Å². The van der Waals surface area contributed by atoms with Gasteiger partial charge in [0.05, 0.1) is 0 Å². The topological polar surface area (TPSA) is 29.5 Å². The van der Waals surface area contributed by atoms with E-state index in [0.717, 1.165) is 25.7 Å². The van der Waals surface area contributed by atoms with Crippen LogP contribution in [0.25, 0.3) is 0 Å². The summed E-state index contributed by atoms with van der Waals surface area (Å²) in [6, 6.07) is 0. The molecule has 0 aliphatic heterocycles. The Hall–Kier alpha value is -0.920. The normalized spacial score (nSPS) is 12.8. The molecule has 0 amide bonds. The molecule has 0 spiro atoms. The molecule has 8 heteroatoms. The minimum absolute atomic E-state index is 0.152. The van der Waals surface area contributed by atoms with Crippen molar-refractivity contribution in [2.75, 3.05) is 26.2 Å². The van der Waals surface area contributed by atoms with Crippen LogP contribution in [0.1, 0.15) is 39.5 Å². The van der Waals surface area contributed by atoms with Crippen molar-refractivity contribution in [2.24, 2.45) is 0 Å². The molecule has 3 nitrogen and oxygen atoms in total. The maximum absolute atomic E-state index is 12.6.